The van der Waals surface area contributed by atoms with Crippen LogP contribution in [0.25, 0.3) is 0 Å². The Morgan fingerprint density at radius 2 is 2.57 bits per heavy atom. The van der Waals surface area contributed by atoms with E-state index < -0.39 is 0 Å². The molecule has 1 aromatic heterocycles. The summed E-state index contributed by atoms with van der Waals surface area (Å²) >= 11 is 1.73. The maximum Gasteiger partial charge on any atom is 0.0897 e. The number of hydrogen-bond acceptors (Lipinski definition) is 4. The zero-order chi connectivity index (χ0) is 9.97. The van der Waals surface area contributed by atoms with Crippen LogP contribution in [0, 0.1) is 12.8 Å². The summed E-state index contributed by atoms with van der Waals surface area (Å²) in [6.07, 6.45) is 2.25. The Hall–Kier alpha value is -0.450. The molecule has 1 fully saturated rings. The summed E-state index contributed by atoms with van der Waals surface area (Å²) in [5.41, 5.74) is 6.94. The van der Waals surface area contributed by atoms with Crippen LogP contribution < -0.4 is 11.1 Å². The van der Waals surface area contributed by atoms with Crippen molar-refractivity contribution in [3.05, 3.63) is 16.1 Å². The first-order chi connectivity index (χ1) is 6.79. The van der Waals surface area contributed by atoms with Gasteiger partial charge in [-0.3, -0.25) is 0 Å². The molecule has 2 atom stereocenters. The lowest BCUT2D eigenvalue weighted by molar-refractivity contribution is 0.451. The number of rotatable bonds is 3. The van der Waals surface area contributed by atoms with Gasteiger partial charge in [-0.15, -0.1) is 11.3 Å². The summed E-state index contributed by atoms with van der Waals surface area (Å²) in [7, 11) is 0. The minimum absolute atomic E-state index is 0.543. The van der Waals surface area contributed by atoms with E-state index in [-0.39, 0.29) is 0 Å². The third-order valence-corrected chi connectivity index (χ3v) is 3.71. The minimum Gasteiger partial charge on any atom is -0.330 e. The van der Waals surface area contributed by atoms with E-state index in [1.807, 2.05) is 0 Å². The molecule has 0 aliphatic carbocycles. The van der Waals surface area contributed by atoms with Crippen molar-refractivity contribution in [2.45, 2.75) is 25.8 Å². The molecule has 3 nitrogen and oxygen atoms in total. The first kappa shape index (κ1) is 10.1. The largest absolute Gasteiger partial charge is 0.330 e. The van der Waals surface area contributed by atoms with Crippen molar-refractivity contribution in [3.8, 4) is 0 Å². The standard InChI is InChI=1S/C10H17N3S/c1-7-13-9(6-14-7)4-10-8(5-11)2-3-12-10/h6,8,10,12H,2-5,11H2,1H3. The van der Waals surface area contributed by atoms with E-state index in [0.29, 0.717) is 12.0 Å². The summed E-state index contributed by atoms with van der Waals surface area (Å²) in [6.45, 7) is 3.95. The SMILES string of the molecule is Cc1nc(CC2NCCC2CN)cs1. The Kier molecular flexibility index (Phi) is 3.15. The van der Waals surface area contributed by atoms with Gasteiger partial charge in [-0.1, -0.05) is 0 Å². The molecule has 1 aliphatic heterocycles. The van der Waals surface area contributed by atoms with Gasteiger partial charge in [0.15, 0.2) is 0 Å². The first-order valence-electron chi connectivity index (χ1n) is 5.14. The first-order valence-corrected chi connectivity index (χ1v) is 6.02. The van der Waals surface area contributed by atoms with Crippen molar-refractivity contribution in [2.75, 3.05) is 13.1 Å². The fourth-order valence-corrected chi connectivity index (χ4v) is 2.70. The number of hydrogen-bond donors (Lipinski definition) is 2. The molecule has 2 rings (SSSR count). The van der Waals surface area contributed by atoms with Gasteiger partial charge in [0.2, 0.25) is 0 Å². The summed E-state index contributed by atoms with van der Waals surface area (Å²) < 4.78 is 0. The summed E-state index contributed by atoms with van der Waals surface area (Å²) in [5, 5.41) is 6.81. The molecular weight excluding hydrogens is 194 g/mol. The van der Waals surface area contributed by atoms with Gasteiger partial charge < -0.3 is 11.1 Å². The monoisotopic (exact) mass is 211 g/mol. The zero-order valence-corrected chi connectivity index (χ0v) is 9.31. The number of thiazole rings is 1. The van der Waals surface area contributed by atoms with Crippen LogP contribution >= 0.6 is 11.3 Å². The molecule has 1 saturated heterocycles. The molecule has 0 aromatic carbocycles. The summed E-state index contributed by atoms with van der Waals surface area (Å²) in [6, 6.07) is 0.543. The molecule has 78 valence electrons. The Labute approximate surface area is 88.7 Å². The number of nitrogens with one attached hydrogen (secondary N) is 1. The van der Waals surface area contributed by atoms with E-state index in [9.17, 15) is 0 Å². The normalized spacial score (nSPS) is 27.0. The molecule has 4 heteroatoms. The van der Waals surface area contributed by atoms with Crippen LogP contribution in [0.2, 0.25) is 0 Å². The maximum absolute atomic E-state index is 5.73. The van der Waals surface area contributed by atoms with Gasteiger partial charge in [0.05, 0.1) is 10.7 Å². The van der Waals surface area contributed by atoms with Crippen molar-refractivity contribution in [1.82, 2.24) is 10.3 Å². The van der Waals surface area contributed by atoms with Gasteiger partial charge in [-0.2, -0.15) is 0 Å². The number of aryl methyl sites for hydroxylation is 1. The van der Waals surface area contributed by atoms with Gasteiger partial charge in [0, 0.05) is 17.8 Å². The van der Waals surface area contributed by atoms with Crippen molar-refractivity contribution in [1.29, 1.82) is 0 Å². The Balaban J connectivity index is 1.96. The lowest BCUT2D eigenvalue weighted by Gasteiger charge is -2.16. The summed E-state index contributed by atoms with van der Waals surface area (Å²) in [4.78, 5) is 4.48. The second kappa shape index (κ2) is 4.38. The second-order valence-corrected chi connectivity index (χ2v) is 4.97. The maximum atomic E-state index is 5.73. The van der Waals surface area contributed by atoms with E-state index in [1.165, 1.54) is 12.1 Å². The van der Waals surface area contributed by atoms with Gasteiger partial charge >= 0.3 is 0 Å². The number of nitrogens with zero attached hydrogens (tertiary/aromatic N) is 1. The predicted molar refractivity (Wildman–Crippen MR) is 59.5 cm³/mol. The van der Waals surface area contributed by atoms with Gasteiger partial charge in [-0.05, 0) is 32.4 Å². The smallest absolute Gasteiger partial charge is 0.0897 e. The lowest BCUT2D eigenvalue weighted by atomic mass is 9.97. The third kappa shape index (κ3) is 2.13. The molecule has 3 N–H and O–H groups in total. The highest BCUT2D eigenvalue weighted by molar-refractivity contribution is 7.09. The molecule has 1 aliphatic rings. The van der Waals surface area contributed by atoms with E-state index in [4.69, 9.17) is 5.73 Å². The van der Waals surface area contributed by atoms with Crippen LogP contribution in [0.5, 0.6) is 0 Å². The van der Waals surface area contributed by atoms with E-state index >= 15 is 0 Å². The van der Waals surface area contributed by atoms with Crippen LogP contribution in [0.3, 0.4) is 0 Å². The predicted octanol–water partition coefficient (Wildman–Crippen LogP) is 0.931. The lowest BCUT2D eigenvalue weighted by Crippen LogP contribution is -2.33. The molecule has 0 radical (unpaired) electrons. The van der Waals surface area contributed by atoms with Crippen LogP contribution in [0.15, 0.2) is 5.38 Å². The molecule has 1 aromatic rings. The second-order valence-electron chi connectivity index (χ2n) is 3.91. The minimum atomic E-state index is 0.543. The number of nitrogens with two attached hydrogens (primary N) is 1. The van der Waals surface area contributed by atoms with E-state index in [2.05, 4.69) is 22.6 Å². The highest BCUT2D eigenvalue weighted by atomic mass is 32.1. The molecule has 0 saturated carbocycles. The van der Waals surface area contributed by atoms with Crippen LogP contribution in [0.1, 0.15) is 17.1 Å². The molecule has 14 heavy (non-hydrogen) atoms. The van der Waals surface area contributed by atoms with E-state index in [0.717, 1.165) is 24.5 Å². The Morgan fingerprint density at radius 1 is 1.71 bits per heavy atom. The fourth-order valence-electron chi connectivity index (χ4n) is 2.07. The molecule has 0 spiro atoms. The Bertz CT molecular complexity index is 297. The van der Waals surface area contributed by atoms with Crippen LogP contribution in [-0.2, 0) is 6.42 Å². The van der Waals surface area contributed by atoms with Crippen molar-refractivity contribution in [3.63, 3.8) is 0 Å². The number of aromatic nitrogens is 1. The average Bonchev–Trinajstić information content (AvgIpc) is 2.76. The van der Waals surface area contributed by atoms with Crippen molar-refractivity contribution < 1.29 is 0 Å². The highest BCUT2D eigenvalue weighted by Gasteiger charge is 2.25. The van der Waals surface area contributed by atoms with Gasteiger partial charge in [-0.25, -0.2) is 4.98 Å². The fraction of sp³-hybridized carbons (Fsp3) is 0.700. The highest BCUT2D eigenvalue weighted by Crippen LogP contribution is 2.19. The molecule has 2 heterocycles. The molecule has 0 bridgehead atoms. The van der Waals surface area contributed by atoms with Crippen molar-refractivity contribution in [2.24, 2.45) is 11.7 Å². The Morgan fingerprint density at radius 3 is 3.21 bits per heavy atom. The van der Waals surface area contributed by atoms with Gasteiger partial charge in [0.1, 0.15) is 0 Å². The quantitative estimate of drug-likeness (QED) is 0.782. The van der Waals surface area contributed by atoms with Crippen LogP contribution in [0.4, 0.5) is 0 Å². The van der Waals surface area contributed by atoms with Crippen LogP contribution in [-0.4, -0.2) is 24.1 Å². The summed E-state index contributed by atoms with van der Waals surface area (Å²) in [5.74, 6) is 0.636. The molecule has 0 amide bonds. The molecular formula is C10H17N3S. The van der Waals surface area contributed by atoms with E-state index in [1.54, 1.807) is 11.3 Å². The zero-order valence-electron chi connectivity index (χ0n) is 8.49. The topological polar surface area (TPSA) is 50.9 Å². The average molecular weight is 211 g/mol. The van der Waals surface area contributed by atoms with Crippen molar-refractivity contribution >= 4 is 11.3 Å². The molecule has 2 unspecified atom stereocenters. The third-order valence-electron chi connectivity index (χ3n) is 2.89. The van der Waals surface area contributed by atoms with Gasteiger partial charge in [0.25, 0.3) is 0 Å².